The molecule has 1 fully saturated rings. The number of nitro groups is 1. The number of amides is 4. The third-order valence-electron chi connectivity index (χ3n) is 5.25. The molecule has 36 heavy (non-hydrogen) atoms. The number of rotatable bonds is 7. The molecule has 4 rings (SSSR count). The average Bonchev–Trinajstić information content (AvgIpc) is 2.87. The highest BCUT2D eigenvalue weighted by molar-refractivity contribution is 9.10. The number of urea groups is 1. The summed E-state index contributed by atoms with van der Waals surface area (Å²) in [6.07, 6.45) is 1.33. The van der Waals surface area contributed by atoms with Crippen LogP contribution in [0.4, 0.5) is 16.2 Å². The first-order chi connectivity index (χ1) is 17.3. The molecule has 1 aliphatic rings. The Hall–Kier alpha value is -4.51. The van der Waals surface area contributed by atoms with E-state index in [0.29, 0.717) is 28.3 Å². The van der Waals surface area contributed by atoms with Crippen molar-refractivity contribution in [2.75, 3.05) is 12.0 Å². The number of nitrogens with one attached hydrogen (secondary N) is 1. The molecule has 3 aromatic rings. The summed E-state index contributed by atoms with van der Waals surface area (Å²) in [5.74, 6) is -0.853. The number of carbonyl (C=O) groups excluding carboxylic acids is 3. The number of non-ortho nitro benzene ring substituents is 1. The van der Waals surface area contributed by atoms with E-state index in [4.69, 9.17) is 9.47 Å². The minimum Gasteiger partial charge on any atom is -0.497 e. The molecule has 4 amide bonds. The first kappa shape index (κ1) is 24.6. The quantitative estimate of drug-likeness (QED) is 0.196. The normalized spacial score (nSPS) is 14.6. The molecule has 0 aliphatic carbocycles. The number of carbonyl (C=O) groups is 3. The molecule has 1 heterocycles. The van der Waals surface area contributed by atoms with Gasteiger partial charge in [0, 0.05) is 28.2 Å². The van der Waals surface area contributed by atoms with E-state index in [2.05, 4.69) is 21.2 Å². The maximum Gasteiger partial charge on any atom is 0.335 e. The molecule has 0 aromatic heterocycles. The van der Waals surface area contributed by atoms with Gasteiger partial charge < -0.3 is 9.47 Å². The van der Waals surface area contributed by atoms with Crippen molar-refractivity contribution in [1.82, 2.24) is 5.32 Å². The van der Waals surface area contributed by atoms with E-state index in [1.807, 2.05) is 0 Å². The van der Waals surface area contributed by atoms with Crippen LogP contribution in [0.15, 0.2) is 76.8 Å². The van der Waals surface area contributed by atoms with E-state index in [1.54, 1.807) is 54.6 Å². The SMILES string of the molecule is COc1ccc(/C=C2\C(=O)NC(=O)N(c3ccc(Br)cc3)C2=O)c(OCc2ccc([N+](=O)[O-])cc2)c1. The van der Waals surface area contributed by atoms with Gasteiger partial charge in [-0.25, -0.2) is 9.69 Å². The maximum atomic E-state index is 13.2. The van der Waals surface area contributed by atoms with Crippen LogP contribution in [0.2, 0.25) is 0 Å². The van der Waals surface area contributed by atoms with Crippen LogP contribution in [0.25, 0.3) is 6.08 Å². The number of halogens is 1. The summed E-state index contributed by atoms with van der Waals surface area (Å²) in [5.41, 5.74) is 1.05. The van der Waals surface area contributed by atoms with E-state index >= 15 is 0 Å². The van der Waals surface area contributed by atoms with Gasteiger partial charge in [0.25, 0.3) is 17.5 Å². The predicted octanol–water partition coefficient (Wildman–Crippen LogP) is 4.61. The summed E-state index contributed by atoms with van der Waals surface area (Å²) in [7, 11) is 1.48. The number of hydrogen-bond donors (Lipinski definition) is 1. The number of anilines is 1. The largest absolute Gasteiger partial charge is 0.497 e. The molecule has 10 nitrogen and oxygen atoms in total. The van der Waals surface area contributed by atoms with Gasteiger partial charge in [-0.1, -0.05) is 15.9 Å². The number of methoxy groups -OCH3 is 1. The fourth-order valence-electron chi connectivity index (χ4n) is 3.40. The second kappa shape index (κ2) is 10.4. The monoisotopic (exact) mass is 551 g/mol. The molecule has 0 radical (unpaired) electrons. The van der Waals surface area contributed by atoms with E-state index in [9.17, 15) is 24.5 Å². The first-order valence-electron chi connectivity index (χ1n) is 10.5. The second-order valence-corrected chi connectivity index (χ2v) is 8.47. The van der Waals surface area contributed by atoms with Crippen molar-refractivity contribution in [3.05, 3.63) is 98.0 Å². The van der Waals surface area contributed by atoms with Crippen LogP contribution in [0.5, 0.6) is 11.5 Å². The number of barbiturate groups is 1. The van der Waals surface area contributed by atoms with Crippen LogP contribution < -0.4 is 19.7 Å². The smallest absolute Gasteiger partial charge is 0.335 e. The Labute approximate surface area is 213 Å². The topological polar surface area (TPSA) is 128 Å². The molecule has 11 heteroatoms. The summed E-state index contributed by atoms with van der Waals surface area (Å²) >= 11 is 3.30. The second-order valence-electron chi connectivity index (χ2n) is 7.55. The fraction of sp³-hybridized carbons (Fsp3) is 0.0800. The Morgan fingerprint density at radius 1 is 1.03 bits per heavy atom. The van der Waals surface area contributed by atoms with Gasteiger partial charge in [-0.05, 0) is 60.2 Å². The molecule has 0 unspecified atom stereocenters. The lowest BCUT2D eigenvalue weighted by molar-refractivity contribution is -0.384. The predicted molar refractivity (Wildman–Crippen MR) is 134 cm³/mol. The van der Waals surface area contributed by atoms with E-state index in [-0.39, 0.29) is 17.9 Å². The lowest BCUT2D eigenvalue weighted by Gasteiger charge is -2.26. The van der Waals surface area contributed by atoms with Crippen LogP contribution in [0.3, 0.4) is 0 Å². The van der Waals surface area contributed by atoms with Crippen LogP contribution in [0, 0.1) is 10.1 Å². The van der Waals surface area contributed by atoms with E-state index in [0.717, 1.165) is 9.37 Å². The van der Waals surface area contributed by atoms with Gasteiger partial charge >= 0.3 is 6.03 Å². The standard InChI is InChI=1S/C25H18BrN3O7/c1-35-20-11-4-16(22(13-20)36-14-15-2-7-19(8-3-15)29(33)34)12-21-23(30)27-25(32)28(24(21)31)18-9-5-17(26)6-10-18/h2-13H,14H2,1H3,(H,27,30,32)/b21-12+. The minimum absolute atomic E-state index is 0.0442. The number of hydrogen-bond acceptors (Lipinski definition) is 7. The van der Waals surface area contributed by atoms with Crippen LogP contribution in [-0.4, -0.2) is 29.9 Å². The molecular weight excluding hydrogens is 534 g/mol. The molecule has 0 spiro atoms. The zero-order valence-corrected chi connectivity index (χ0v) is 20.4. The molecule has 0 saturated carbocycles. The Balaban J connectivity index is 1.65. The zero-order valence-electron chi connectivity index (χ0n) is 18.8. The summed E-state index contributed by atoms with van der Waals surface area (Å²) in [6.45, 7) is 0.0605. The third-order valence-corrected chi connectivity index (χ3v) is 5.78. The Morgan fingerprint density at radius 3 is 2.36 bits per heavy atom. The summed E-state index contributed by atoms with van der Waals surface area (Å²) < 4.78 is 11.9. The summed E-state index contributed by atoms with van der Waals surface area (Å²) in [6, 6.07) is 16.3. The molecule has 1 N–H and O–H groups in total. The number of ether oxygens (including phenoxy) is 2. The minimum atomic E-state index is -0.853. The van der Waals surface area contributed by atoms with Gasteiger partial charge in [-0.2, -0.15) is 0 Å². The molecule has 0 bridgehead atoms. The number of benzene rings is 3. The highest BCUT2D eigenvalue weighted by atomic mass is 79.9. The maximum absolute atomic E-state index is 13.2. The Kier molecular flexibility index (Phi) is 7.11. The molecule has 0 atom stereocenters. The highest BCUT2D eigenvalue weighted by Gasteiger charge is 2.37. The van der Waals surface area contributed by atoms with Gasteiger partial charge in [-0.15, -0.1) is 0 Å². The van der Waals surface area contributed by atoms with E-state index < -0.39 is 22.8 Å². The molecular formula is C25H18BrN3O7. The van der Waals surface area contributed by atoms with Crippen molar-refractivity contribution < 1.29 is 28.8 Å². The Morgan fingerprint density at radius 2 is 1.72 bits per heavy atom. The lowest BCUT2D eigenvalue weighted by Crippen LogP contribution is -2.54. The van der Waals surface area contributed by atoms with Gasteiger partial charge in [0.15, 0.2) is 0 Å². The molecule has 3 aromatic carbocycles. The van der Waals surface area contributed by atoms with Gasteiger partial charge in [0.05, 0.1) is 17.7 Å². The zero-order chi connectivity index (χ0) is 25.8. The Bertz CT molecular complexity index is 1390. The highest BCUT2D eigenvalue weighted by Crippen LogP contribution is 2.30. The van der Waals surface area contributed by atoms with Gasteiger partial charge in [-0.3, -0.25) is 25.0 Å². The van der Waals surface area contributed by atoms with Crippen molar-refractivity contribution >= 4 is 51.2 Å². The van der Waals surface area contributed by atoms with Gasteiger partial charge in [0.2, 0.25) is 0 Å². The van der Waals surface area contributed by atoms with Crippen molar-refractivity contribution in [1.29, 1.82) is 0 Å². The molecule has 182 valence electrons. The van der Waals surface area contributed by atoms with Crippen molar-refractivity contribution in [2.45, 2.75) is 6.61 Å². The van der Waals surface area contributed by atoms with Crippen molar-refractivity contribution in [2.24, 2.45) is 0 Å². The van der Waals surface area contributed by atoms with Crippen molar-refractivity contribution in [3.8, 4) is 11.5 Å². The van der Waals surface area contributed by atoms with Crippen LogP contribution in [-0.2, 0) is 16.2 Å². The molecule has 1 aliphatic heterocycles. The van der Waals surface area contributed by atoms with Gasteiger partial charge in [0.1, 0.15) is 23.7 Å². The number of nitrogens with zero attached hydrogens (tertiary/aromatic N) is 2. The average molecular weight is 552 g/mol. The van der Waals surface area contributed by atoms with Crippen LogP contribution in [0.1, 0.15) is 11.1 Å². The lowest BCUT2D eigenvalue weighted by atomic mass is 10.1. The first-order valence-corrected chi connectivity index (χ1v) is 11.3. The summed E-state index contributed by atoms with van der Waals surface area (Å²) in [5, 5.41) is 13.0. The van der Waals surface area contributed by atoms with Crippen LogP contribution >= 0.6 is 15.9 Å². The van der Waals surface area contributed by atoms with E-state index in [1.165, 1.54) is 25.3 Å². The summed E-state index contributed by atoms with van der Waals surface area (Å²) in [4.78, 5) is 49.4. The number of imide groups is 2. The number of nitro benzene ring substituents is 1. The fourth-order valence-corrected chi connectivity index (χ4v) is 3.66. The third kappa shape index (κ3) is 5.26. The van der Waals surface area contributed by atoms with Crippen molar-refractivity contribution in [3.63, 3.8) is 0 Å². The molecule has 1 saturated heterocycles.